The minimum absolute atomic E-state index is 0.0441. The van der Waals surface area contributed by atoms with Crippen molar-refractivity contribution in [3.8, 4) is 0 Å². The average molecular weight is 300 g/mol. The van der Waals surface area contributed by atoms with Gasteiger partial charge in [0.1, 0.15) is 17.8 Å². The number of hydrogen-bond acceptors (Lipinski definition) is 5. The summed E-state index contributed by atoms with van der Waals surface area (Å²) in [7, 11) is 0. The minimum Gasteiger partial charge on any atom is -0.354 e. The standard InChI is InChI=1S/C15H20N6O/c16-7-12(22)20-5-6-21(9-15(8-20)2-3-15)14-11-1-4-17-13(11)18-10-19-14/h1,4,10H,2-3,5-9,16H2,(H,17,18,19). The number of carbonyl (C=O) groups is 1. The fourth-order valence-electron chi connectivity index (χ4n) is 3.39. The molecule has 7 nitrogen and oxygen atoms in total. The van der Waals surface area contributed by atoms with Crippen molar-refractivity contribution in [2.24, 2.45) is 11.1 Å². The van der Waals surface area contributed by atoms with Crippen molar-refractivity contribution in [1.29, 1.82) is 0 Å². The molecule has 2 aromatic rings. The third-order valence-electron chi connectivity index (χ3n) is 4.81. The predicted molar refractivity (Wildman–Crippen MR) is 83.4 cm³/mol. The lowest BCUT2D eigenvalue weighted by Crippen LogP contribution is -2.40. The largest absolute Gasteiger partial charge is 0.354 e. The summed E-state index contributed by atoms with van der Waals surface area (Å²) in [6.45, 7) is 3.34. The van der Waals surface area contributed by atoms with Crippen LogP contribution in [0.1, 0.15) is 12.8 Å². The van der Waals surface area contributed by atoms with Gasteiger partial charge in [-0.25, -0.2) is 9.97 Å². The lowest BCUT2D eigenvalue weighted by Gasteiger charge is -2.25. The van der Waals surface area contributed by atoms with Crippen LogP contribution in [0.5, 0.6) is 0 Å². The highest BCUT2D eigenvalue weighted by atomic mass is 16.2. The summed E-state index contributed by atoms with van der Waals surface area (Å²) in [5.74, 6) is 1.00. The second-order valence-electron chi connectivity index (χ2n) is 6.38. The maximum atomic E-state index is 12.0. The lowest BCUT2D eigenvalue weighted by molar-refractivity contribution is -0.130. The van der Waals surface area contributed by atoms with Crippen molar-refractivity contribution >= 4 is 22.8 Å². The molecule has 0 bridgehead atoms. The van der Waals surface area contributed by atoms with Crippen molar-refractivity contribution in [1.82, 2.24) is 19.9 Å². The van der Waals surface area contributed by atoms with E-state index in [1.54, 1.807) is 6.33 Å². The first-order valence-electron chi connectivity index (χ1n) is 7.72. The maximum Gasteiger partial charge on any atom is 0.236 e. The molecule has 1 aliphatic heterocycles. The second-order valence-corrected chi connectivity index (χ2v) is 6.38. The summed E-state index contributed by atoms with van der Waals surface area (Å²) in [6.07, 6.45) is 5.82. The Balaban J connectivity index is 1.65. The average Bonchev–Trinajstić information content (AvgIpc) is 3.18. The molecule has 1 amide bonds. The molecule has 2 aromatic heterocycles. The molecule has 1 spiro atoms. The highest BCUT2D eigenvalue weighted by molar-refractivity contribution is 5.87. The monoisotopic (exact) mass is 300 g/mol. The zero-order valence-electron chi connectivity index (χ0n) is 12.5. The van der Waals surface area contributed by atoms with Gasteiger partial charge in [-0.15, -0.1) is 0 Å². The molecule has 4 rings (SSSR count). The molecule has 0 unspecified atom stereocenters. The van der Waals surface area contributed by atoms with Gasteiger partial charge < -0.3 is 20.5 Å². The predicted octanol–water partition coefficient (Wildman–Crippen LogP) is 0.345. The molecule has 3 N–H and O–H groups in total. The number of rotatable bonds is 2. The van der Waals surface area contributed by atoms with Crippen LogP contribution in [-0.2, 0) is 4.79 Å². The first kappa shape index (κ1) is 13.5. The third kappa shape index (κ3) is 2.21. The second kappa shape index (κ2) is 4.95. The SMILES string of the molecule is NCC(=O)N1CCN(c2ncnc3[nH]ccc23)CC2(CC2)C1. The molecular formula is C15H20N6O. The van der Waals surface area contributed by atoms with E-state index in [1.807, 2.05) is 17.2 Å². The number of H-pyrrole nitrogens is 1. The van der Waals surface area contributed by atoms with Crippen LogP contribution in [0.3, 0.4) is 0 Å². The van der Waals surface area contributed by atoms with Crippen LogP contribution in [0.2, 0.25) is 0 Å². The number of anilines is 1. The Labute approximate surface area is 128 Å². The molecule has 22 heavy (non-hydrogen) atoms. The van der Waals surface area contributed by atoms with E-state index in [4.69, 9.17) is 5.73 Å². The highest BCUT2D eigenvalue weighted by Gasteiger charge is 2.47. The summed E-state index contributed by atoms with van der Waals surface area (Å²) in [6, 6.07) is 2.01. The Bertz CT molecular complexity index is 707. The Morgan fingerprint density at radius 1 is 1.32 bits per heavy atom. The van der Waals surface area contributed by atoms with Crippen LogP contribution in [-0.4, -0.2) is 58.5 Å². The highest BCUT2D eigenvalue weighted by Crippen LogP contribution is 2.48. The van der Waals surface area contributed by atoms with E-state index in [0.717, 1.165) is 36.5 Å². The Kier molecular flexibility index (Phi) is 3.04. The van der Waals surface area contributed by atoms with Crippen LogP contribution in [0, 0.1) is 5.41 Å². The van der Waals surface area contributed by atoms with E-state index in [0.29, 0.717) is 6.54 Å². The van der Waals surface area contributed by atoms with Gasteiger partial charge in [-0.05, 0) is 18.9 Å². The molecule has 2 fully saturated rings. The van der Waals surface area contributed by atoms with Crippen LogP contribution in [0.4, 0.5) is 5.82 Å². The third-order valence-corrected chi connectivity index (χ3v) is 4.81. The van der Waals surface area contributed by atoms with Crippen molar-refractivity contribution < 1.29 is 4.79 Å². The van der Waals surface area contributed by atoms with E-state index in [2.05, 4.69) is 19.9 Å². The zero-order chi connectivity index (χ0) is 15.2. The summed E-state index contributed by atoms with van der Waals surface area (Å²) < 4.78 is 0. The molecule has 0 atom stereocenters. The molecule has 1 saturated carbocycles. The molecule has 0 aromatic carbocycles. The van der Waals surface area contributed by atoms with Gasteiger partial charge in [-0.1, -0.05) is 0 Å². The quantitative estimate of drug-likeness (QED) is 0.835. The van der Waals surface area contributed by atoms with Crippen LogP contribution < -0.4 is 10.6 Å². The minimum atomic E-state index is 0.0441. The topological polar surface area (TPSA) is 91.1 Å². The number of amides is 1. The first-order valence-corrected chi connectivity index (χ1v) is 7.72. The summed E-state index contributed by atoms with van der Waals surface area (Å²) in [4.78, 5) is 28.1. The fourth-order valence-corrected chi connectivity index (χ4v) is 3.39. The number of carbonyl (C=O) groups excluding carboxylic acids is 1. The van der Waals surface area contributed by atoms with E-state index < -0.39 is 0 Å². The number of fused-ring (bicyclic) bond motifs is 1. The van der Waals surface area contributed by atoms with Gasteiger partial charge in [0, 0.05) is 37.8 Å². The number of nitrogens with zero attached hydrogens (tertiary/aromatic N) is 4. The fraction of sp³-hybridized carbons (Fsp3) is 0.533. The Morgan fingerprint density at radius 2 is 2.18 bits per heavy atom. The van der Waals surface area contributed by atoms with Gasteiger partial charge in [0.05, 0.1) is 11.9 Å². The maximum absolute atomic E-state index is 12.0. The summed E-state index contributed by atoms with van der Waals surface area (Å²) >= 11 is 0. The number of aromatic amines is 1. The van der Waals surface area contributed by atoms with Crippen molar-refractivity contribution in [3.05, 3.63) is 18.6 Å². The van der Waals surface area contributed by atoms with Gasteiger partial charge in [0.2, 0.25) is 5.91 Å². The summed E-state index contributed by atoms with van der Waals surface area (Å²) in [5, 5.41) is 1.04. The van der Waals surface area contributed by atoms with E-state index in [1.165, 1.54) is 12.8 Å². The zero-order valence-corrected chi connectivity index (χ0v) is 12.5. The molecule has 0 radical (unpaired) electrons. The molecule has 1 saturated heterocycles. The molecule has 7 heteroatoms. The van der Waals surface area contributed by atoms with Gasteiger partial charge in [0.15, 0.2) is 0 Å². The van der Waals surface area contributed by atoms with Gasteiger partial charge in [-0.3, -0.25) is 4.79 Å². The summed E-state index contributed by atoms with van der Waals surface area (Å²) in [5.41, 5.74) is 6.61. The number of nitrogens with two attached hydrogens (primary N) is 1. The number of aromatic nitrogens is 3. The first-order chi connectivity index (χ1) is 10.7. The lowest BCUT2D eigenvalue weighted by atomic mass is 10.1. The molecule has 116 valence electrons. The Hall–Kier alpha value is -2.15. The van der Waals surface area contributed by atoms with E-state index >= 15 is 0 Å². The van der Waals surface area contributed by atoms with Crippen LogP contribution >= 0.6 is 0 Å². The van der Waals surface area contributed by atoms with E-state index in [-0.39, 0.29) is 17.9 Å². The van der Waals surface area contributed by atoms with Crippen molar-refractivity contribution in [2.75, 3.05) is 37.6 Å². The van der Waals surface area contributed by atoms with Gasteiger partial charge >= 0.3 is 0 Å². The molecule has 1 aliphatic carbocycles. The van der Waals surface area contributed by atoms with Gasteiger partial charge in [0.25, 0.3) is 0 Å². The molecular weight excluding hydrogens is 280 g/mol. The normalized spacial score (nSPS) is 20.4. The van der Waals surface area contributed by atoms with Crippen molar-refractivity contribution in [2.45, 2.75) is 12.8 Å². The van der Waals surface area contributed by atoms with Gasteiger partial charge in [-0.2, -0.15) is 0 Å². The molecule has 2 aliphatic rings. The number of hydrogen-bond donors (Lipinski definition) is 2. The smallest absolute Gasteiger partial charge is 0.236 e. The van der Waals surface area contributed by atoms with Crippen LogP contribution in [0.25, 0.3) is 11.0 Å². The van der Waals surface area contributed by atoms with Crippen LogP contribution in [0.15, 0.2) is 18.6 Å². The Morgan fingerprint density at radius 3 is 2.95 bits per heavy atom. The molecule has 3 heterocycles. The van der Waals surface area contributed by atoms with E-state index in [9.17, 15) is 4.79 Å². The van der Waals surface area contributed by atoms with Crippen molar-refractivity contribution in [3.63, 3.8) is 0 Å². The number of nitrogens with one attached hydrogen (secondary N) is 1.